The van der Waals surface area contributed by atoms with Crippen LogP contribution in [0.15, 0.2) is 23.2 Å². The zero-order valence-electron chi connectivity index (χ0n) is 12.9. The summed E-state index contributed by atoms with van der Waals surface area (Å²) in [7, 11) is 3.38. The number of benzene rings is 1. The highest BCUT2D eigenvalue weighted by molar-refractivity contribution is 14.0. The van der Waals surface area contributed by atoms with Gasteiger partial charge in [-0.15, -0.1) is 24.0 Å². The Hall–Kier alpha value is -0.440. The second-order valence-electron chi connectivity index (χ2n) is 4.40. The fourth-order valence-corrected chi connectivity index (χ4v) is 1.99. The fraction of sp³-hybridized carbons (Fsp3) is 0.500. The third-order valence-electron chi connectivity index (χ3n) is 2.59. The Labute approximate surface area is 158 Å². The lowest BCUT2D eigenvalue weighted by atomic mass is 10.3. The van der Waals surface area contributed by atoms with Crippen LogP contribution in [0.4, 0.5) is 0 Å². The highest BCUT2D eigenvalue weighted by atomic mass is 127. The van der Waals surface area contributed by atoms with Crippen LogP contribution in [0.1, 0.15) is 6.92 Å². The van der Waals surface area contributed by atoms with E-state index in [4.69, 9.17) is 32.7 Å². The minimum atomic E-state index is 0. The van der Waals surface area contributed by atoms with Crippen molar-refractivity contribution in [3.63, 3.8) is 0 Å². The molecule has 0 radical (unpaired) electrons. The van der Waals surface area contributed by atoms with Crippen LogP contribution in [0.5, 0.6) is 5.75 Å². The van der Waals surface area contributed by atoms with Crippen LogP contribution in [-0.4, -0.2) is 45.9 Å². The predicted molar refractivity (Wildman–Crippen MR) is 103 cm³/mol. The Bertz CT molecular complexity index is 475. The third-order valence-corrected chi connectivity index (χ3v) is 3.39. The number of rotatable bonds is 7. The van der Waals surface area contributed by atoms with Crippen molar-refractivity contribution in [1.29, 1.82) is 0 Å². The summed E-state index contributed by atoms with van der Waals surface area (Å²) in [6, 6.07) is 5.47. The van der Waals surface area contributed by atoms with Gasteiger partial charge in [-0.3, -0.25) is 4.99 Å². The quantitative estimate of drug-likeness (QED) is 0.283. The Morgan fingerprint density at radius 1 is 1.36 bits per heavy atom. The lowest BCUT2D eigenvalue weighted by Crippen LogP contribution is -2.45. The molecule has 1 aromatic carbocycles. The number of nitrogens with zero attached hydrogens (tertiary/aromatic N) is 1. The molecule has 1 unspecified atom stereocenters. The summed E-state index contributed by atoms with van der Waals surface area (Å²) in [6.45, 7) is 3.65. The zero-order chi connectivity index (χ0) is 15.7. The standard InChI is InChI=1S/C14H21Cl2N3O2.HI/c1-10(9-20-3)19-14(17-2)18-7-8-21-12-6-4-5-11(15)13(12)16;/h4-6,10H,7-9H2,1-3H3,(H2,17,18,19);1H. The summed E-state index contributed by atoms with van der Waals surface area (Å²) in [4.78, 5) is 4.12. The summed E-state index contributed by atoms with van der Waals surface area (Å²) in [5.41, 5.74) is 0. The van der Waals surface area contributed by atoms with Crippen LogP contribution in [0.25, 0.3) is 0 Å². The Morgan fingerprint density at radius 3 is 2.73 bits per heavy atom. The van der Waals surface area contributed by atoms with Gasteiger partial charge in [0.2, 0.25) is 0 Å². The Kier molecular flexibility index (Phi) is 11.8. The molecule has 1 atom stereocenters. The molecule has 0 heterocycles. The maximum absolute atomic E-state index is 6.04. The smallest absolute Gasteiger partial charge is 0.191 e. The third kappa shape index (κ3) is 7.71. The van der Waals surface area contributed by atoms with Gasteiger partial charge >= 0.3 is 0 Å². The molecule has 0 spiro atoms. The minimum Gasteiger partial charge on any atom is -0.490 e. The largest absolute Gasteiger partial charge is 0.490 e. The van der Waals surface area contributed by atoms with Crippen molar-refractivity contribution in [3.05, 3.63) is 28.2 Å². The van der Waals surface area contributed by atoms with Crippen molar-refractivity contribution in [2.24, 2.45) is 4.99 Å². The lowest BCUT2D eigenvalue weighted by Gasteiger charge is -2.17. The van der Waals surface area contributed by atoms with E-state index in [2.05, 4.69) is 15.6 Å². The molecule has 0 fully saturated rings. The monoisotopic (exact) mass is 461 g/mol. The van der Waals surface area contributed by atoms with Crippen molar-refractivity contribution in [2.45, 2.75) is 13.0 Å². The van der Waals surface area contributed by atoms with E-state index >= 15 is 0 Å². The number of ether oxygens (including phenoxy) is 2. The van der Waals surface area contributed by atoms with Gasteiger partial charge in [0.05, 0.1) is 18.2 Å². The Morgan fingerprint density at radius 2 is 2.09 bits per heavy atom. The minimum absolute atomic E-state index is 0. The molecule has 0 saturated heterocycles. The number of hydrogen-bond donors (Lipinski definition) is 2. The maximum atomic E-state index is 6.04. The normalized spacial score (nSPS) is 12.3. The molecule has 0 amide bonds. The van der Waals surface area contributed by atoms with Crippen LogP contribution in [-0.2, 0) is 4.74 Å². The van der Waals surface area contributed by atoms with Crippen LogP contribution in [0.2, 0.25) is 10.0 Å². The highest BCUT2D eigenvalue weighted by Crippen LogP contribution is 2.31. The van der Waals surface area contributed by atoms with Gasteiger partial charge in [-0.2, -0.15) is 0 Å². The average molecular weight is 462 g/mol. The van der Waals surface area contributed by atoms with Crippen molar-refractivity contribution >= 4 is 53.1 Å². The van der Waals surface area contributed by atoms with E-state index in [1.54, 1.807) is 32.4 Å². The molecule has 1 rings (SSSR count). The number of halogens is 3. The molecule has 1 aromatic rings. The van der Waals surface area contributed by atoms with Gasteiger partial charge in [0.25, 0.3) is 0 Å². The molecule has 5 nitrogen and oxygen atoms in total. The van der Waals surface area contributed by atoms with E-state index in [9.17, 15) is 0 Å². The van der Waals surface area contributed by atoms with Gasteiger partial charge in [0.1, 0.15) is 17.4 Å². The van der Waals surface area contributed by atoms with Crippen molar-refractivity contribution in [2.75, 3.05) is 33.9 Å². The van der Waals surface area contributed by atoms with Gasteiger partial charge in [-0.25, -0.2) is 0 Å². The summed E-state index contributed by atoms with van der Waals surface area (Å²) in [6.07, 6.45) is 0. The van der Waals surface area contributed by atoms with Gasteiger partial charge in [0.15, 0.2) is 5.96 Å². The number of aliphatic imine (C=N–C) groups is 1. The molecule has 0 aliphatic carbocycles. The van der Waals surface area contributed by atoms with Crippen LogP contribution >= 0.6 is 47.2 Å². The molecule has 0 bridgehead atoms. The number of methoxy groups -OCH3 is 1. The van der Waals surface area contributed by atoms with Crippen molar-refractivity contribution in [3.8, 4) is 5.75 Å². The first-order valence-corrected chi connectivity index (χ1v) is 7.37. The van der Waals surface area contributed by atoms with Gasteiger partial charge in [0, 0.05) is 20.2 Å². The summed E-state index contributed by atoms with van der Waals surface area (Å²) in [5, 5.41) is 7.25. The number of nitrogens with one attached hydrogen (secondary N) is 2. The van der Waals surface area contributed by atoms with E-state index in [1.807, 2.05) is 6.92 Å². The van der Waals surface area contributed by atoms with E-state index in [0.717, 1.165) is 0 Å². The van der Waals surface area contributed by atoms with Crippen molar-refractivity contribution < 1.29 is 9.47 Å². The molecule has 8 heteroatoms. The van der Waals surface area contributed by atoms with E-state index in [-0.39, 0.29) is 30.0 Å². The summed E-state index contributed by atoms with van der Waals surface area (Å²) in [5.74, 6) is 1.27. The summed E-state index contributed by atoms with van der Waals surface area (Å²) < 4.78 is 10.6. The molecular weight excluding hydrogens is 440 g/mol. The first-order valence-electron chi connectivity index (χ1n) is 6.61. The van der Waals surface area contributed by atoms with Crippen molar-refractivity contribution in [1.82, 2.24) is 10.6 Å². The van der Waals surface area contributed by atoms with Gasteiger partial charge in [-0.05, 0) is 19.1 Å². The molecule has 0 aliphatic heterocycles. The SMILES string of the molecule is CN=C(NCCOc1cccc(Cl)c1Cl)NC(C)COC.I. The molecule has 126 valence electrons. The lowest BCUT2D eigenvalue weighted by molar-refractivity contribution is 0.179. The molecular formula is C14H22Cl2IN3O2. The average Bonchev–Trinajstić information content (AvgIpc) is 2.46. The number of hydrogen-bond acceptors (Lipinski definition) is 3. The van der Waals surface area contributed by atoms with Gasteiger partial charge < -0.3 is 20.1 Å². The topological polar surface area (TPSA) is 54.9 Å². The molecule has 0 aromatic heterocycles. The van der Waals surface area contributed by atoms with Crippen LogP contribution in [0, 0.1) is 0 Å². The van der Waals surface area contributed by atoms with Crippen LogP contribution in [0.3, 0.4) is 0 Å². The maximum Gasteiger partial charge on any atom is 0.191 e. The van der Waals surface area contributed by atoms with E-state index < -0.39 is 0 Å². The number of guanidine groups is 1. The fourth-order valence-electron chi connectivity index (χ4n) is 1.65. The van der Waals surface area contributed by atoms with Gasteiger partial charge in [-0.1, -0.05) is 29.3 Å². The predicted octanol–water partition coefficient (Wildman–Crippen LogP) is 3.19. The van der Waals surface area contributed by atoms with E-state index in [1.165, 1.54) is 0 Å². The second kappa shape index (κ2) is 12.0. The highest BCUT2D eigenvalue weighted by Gasteiger charge is 2.06. The summed E-state index contributed by atoms with van der Waals surface area (Å²) >= 11 is 12.0. The molecule has 0 saturated carbocycles. The van der Waals surface area contributed by atoms with Crippen LogP contribution < -0.4 is 15.4 Å². The second-order valence-corrected chi connectivity index (χ2v) is 5.19. The molecule has 22 heavy (non-hydrogen) atoms. The Balaban J connectivity index is 0.00000441. The zero-order valence-corrected chi connectivity index (χ0v) is 16.7. The molecule has 0 aliphatic rings. The van der Waals surface area contributed by atoms with E-state index in [0.29, 0.717) is 41.5 Å². The first kappa shape index (κ1) is 21.6. The molecule has 2 N–H and O–H groups in total. The first-order chi connectivity index (χ1) is 10.1.